The maximum absolute atomic E-state index is 10.3. The highest BCUT2D eigenvalue weighted by Crippen LogP contribution is 2.24. The molecule has 0 aliphatic heterocycles. The first-order valence-corrected chi connectivity index (χ1v) is 6.67. The average molecular weight is 275 g/mol. The van der Waals surface area contributed by atoms with E-state index in [1.165, 1.54) is 0 Å². The molecule has 0 radical (unpaired) electrons. The van der Waals surface area contributed by atoms with Crippen LogP contribution in [0.1, 0.15) is 30.4 Å². The van der Waals surface area contributed by atoms with Gasteiger partial charge in [0.2, 0.25) is 0 Å². The Labute approximate surface area is 119 Å². The molecule has 0 bridgehead atoms. The molecule has 2 atom stereocenters. The van der Waals surface area contributed by atoms with Crippen molar-refractivity contribution in [3.63, 3.8) is 0 Å². The van der Waals surface area contributed by atoms with E-state index in [-0.39, 0.29) is 6.04 Å². The number of rotatable bonds is 6. The number of aliphatic hydroxyl groups excluding tert-OH is 1. The first-order chi connectivity index (χ1) is 9.61. The van der Waals surface area contributed by atoms with E-state index in [0.717, 1.165) is 17.1 Å². The Hall–Kier alpha value is -1.78. The quantitative estimate of drug-likeness (QED) is 0.880. The monoisotopic (exact) mass is 275 g/mol. The molecule has 0 saturated carbocycles. The number of aliphatic hydroxyl groups is 1. The van der Waals surface area contributed by atoms with Gasteiger partial charge in [-0.3, -0.25) is 4.90 Å². The molecule has 0 fully saturated rings. The maximum atomic E-state index is 10.3. The van der Waals surface area contributed by atoms with Crippen molar-refractivity contribution in [2.45, 2.75) is 19.1 Å². The van der Waals surface area contributed by atoms with Crippen LogP contribution in [-0.4, -0.2) is 30.7 Å². The lowest BCUT2D eigenvalue weighted by Crippen LogP contribution is -2.27. The number of benzene rings is 1. The summed E-state index contributed by atoms with van der Waals surface area (Å²) in [6.07, 6.45) is 1.10. The number of hydrogen-bond donors (Lipinski definition) is 1. The molecule has 4 heteroatoms. The van der Waals surface area contributed by atoms with Crippen LogP contribution in [-0.2, 0) is 0 Å². The SMILES string of the molecule is COc1cccc(C(O)CN(C)C(C)c2ccco2)c1. The van der Waals surface area contributed by atoms with Crippen LogP contribution in [0.4, 0.5) is 0 Å². The standard InChI is InChI=1S/C16H21NO3/c1-12(16-8-5-9-20-16)17(2)11-15(18)13-6-4-7-14(10-13)19-3/h4-10,12,15,18H,11H2,1-3H3. The van der Waals surface area contributed by atoms with Crippen molar-refractivity contribution in [3.05, 3.63) is 54.0 Å². The van der Waals surface area contributed by atoms with E-state index in [4.69, 9.17) is 9.15 Å². The van der Waals surface area contributed by atoms with Crippen molar-refractivity contribution in [2.24, 2.45) is 0 Å². The first kappa shape index (κ1) is 14.6. The third kappa shape index (κ3) is 3.40. The van der Waals surface area contributed by atoms with E-state index in [1.807, 2.05) is 43.4 Å². The van der Waals surface area contributed by atoms with Gasteiger partial charge in [0, 0.05) is 6.54 Å². The molecule has 0 aliphatic carbocycles. The van der Waals surface area contributed by atoms with Gasteiger partial charge in [0.1, 0.15) is 11.5 Å². The molecule has 1 heterocycles. The van der Waals surface area contributed by atoms with Crippen molar-refractivity contribution < 1.29 is 14.3 Å². The smallest absolute Gasteiger partial charge is 0.120 e. The third-order valence-electron chi connectivity index (χ3n) is 3.56. The Kier molecular flexibility index (Phi) is 4.82. The minimum absolute atomic E-state index is 0.116. The Bertz CT molecular complexity index is 524. The largest absolute Gasteiger partial charge is 0.497 e. The fourth-order valence-corrected chi connectivity index (χ4v) is 2.13. The normalized spacial score (nSPS) is 14.2. The van der Waals surface area contributed by atoms with Crippen LogP contribution in [0.15, 0.2) is 47.1 Å². The molecular formula is C16H21NO3. The van der Waals surface area contributed by atoms with Crippen molar-refractivity contribution >= 4 is 0 Å². The summed E-state index contributed by atoms with van der Waals surface area (Å²) in [6.45, 7) is 2.58. The van der Waals surface area contributed by atoms with Gasteiger partial charge in [-0.05, 0) is 43.8 Å². The second kappa shape index (κ2) is 6.59. The highest BCUT2D eigenvalue weighted by atomic mass is 16.5. The third-order valence-corrected chi connectivity index (χ3v) is 3.56. The van der Waals surface area contributed by atoms with E-state index in [2.05, 4.69) is 11.8 Å². The van der Waals surface area contributed by atoms with Gasteiger partial charge in [-0.25, -0.2) is 0 Å². The molecule has 1 aromatic carbocycles. The Morgan fingerprint density at radius 2 is 2.10 bits per heavy atom. The number of nitrogens with zero attached hydrogens (tertiary/aromatic N) is 1. The van der Waals surface area contributed by atoms with Gasteiger partial charge >= 0.3 is 0 Å². The molecule has 0 spiro atoms. The fraction of sp³-hybridized carbons (Fsp3) is 0.375. The summed E-state index contributed by atoms with van der Waals surface area (Å²) in [5.74, 6) is 1.65. The summed E-state index contributed by atoms with van der Waals surface area (Å²) in [5, 5.41) is 10.3. The van der Waals surface area contributed by atoms with Gasteiger partial charge < -0.3 is 14.3 Å². The van der Waals surface area contributed by atoms with Crippen LogP contribution in [0.3, 0.4) is 0 Å². The van der Waals surface area contributed by atoms with Crippen molar-refractivity contribution in [1.29, 1.82) is 0 Å². The van der Waals surface area contributed by atoms with E-state index < -0.39 is 6.10 Å². The lowest BCUT2D eigenvalue weighted by atomic mass is 10.1. The van der Waals surface area contributed by atoms with Crippen LogP contribution < -0.4 is 4.74 Å². The summed E-state index contributed by atoms with van der Waals surface area (Å²) in [5.41, 5.74) is 0.850. The highest BCUT2D eigenvalue weighted by Gasteiger charge is 2.18. The van der Waals surface area contributed by atoms with Gasteiger partial charge in [0.25, 0.3) is 0 Å². The Balaban J connectivity index is 2.01. The van der Waals surface area contributed by atoms with Crippen LogP contribution in [0.2, 0.25) is 0 Å². The molecule has 108 valence electrons. The number of likely N-dealkylation sites (N-methyl/N-ethyl adjacent to an activating group) is 1. The lowest BCUT2D eigenvalue weighted by Gasteiger charge is -2.25. The summed E-state index contributed by atoms with van der Waals surface area (Å²) in [6, 6.07) is 11.4. The predicted octanol–water partition coefficient (Wildman–Crippen LogP) is 3.01. The minimum Gasteiger partial charge on any atom is -0.497 e. The highest BCUT2D eigenvalue weighted by molar-refractivity contribution is 5.30. The van der Waals surface area contributed by atoms with E-state index in [9.17, 15) is 5.11 Å². The van der Waals surface area contributed by atoms with Crippen LogP contribution in [0, 0.1) is 0 Å². The van der Waals surface area contributed by atoms with Crippen molar-refractivity contribution in [3.8, 4) is 5.75 Å². The van der Waals surface area contributed by atoms with Crippen molar-refractivity contribution in [2.75, 3.05) is 20.7 Å². The summed E-state index contributed by atoms with van der Waals surface area (Å²) >= 11 is 0. The summed E-state index contributed by atoms with van der Waals surface area (Å²) < 4.78 is 10.6. The lowest BCUT2D eigenvalue weighted by molar-refractivity contribution is 0.102. The molecule has 1 aromatic heterocycles. The van der Waals surface area contributed by atoms with Crippen LogP contribution in [0.25, 0.3) is 0 Å². The molecule has 0 saturated heterocycles. The topological polar surface area (TPSA) is 45.8 Å². The van der Waals surface area contributed by atoms with Gasteiger partial charge in [-0.1, -0.05) is 12.1 Å². The second-order valence-corrected chi connectivity index (χ2v) is 4.92. The van der Waals surface area contributed by atoms with Gasteiger partial charge in [-0.15, -0.1) is 0 Å². The average Bonchev–Trinajstić information content (AvgIpc) is 3.00. The van der Waals surface area contributed by atoms with Crippen molar-refractivity contribution in [1.82, 2.24) is 4.90 Å². The zero-order valence-corrected chi connectivity index (χ0v) is 12.1. The molecule has 2 unspecified atom stereocenters. The molecule has 2 aromatic rings. The number of ether oxygens (including phenoxy) is 1. The Morgan fingerprint density at radius 1 is 1.30 bits per heavy atom. The molecule has 4 nitrogen and oxygen atoms in total. The zero-order valence-electron chi connectivity index (χ0n) is 12.1. The predicted molar refractivity (Wildman–Crippen MR) is 77.7 cm³/mol. The zero-order chi connectivity index (χ0) is 14.5. The van der Waals surface area contributed by atoms with Gasteiger partial charge in [-0.2, -0.15) is 0 Å². The fourth-order valence-electron chi connectivity index (χ4n) is 2.13. The van der Waals surface area contributed by atoms with Gasteiger partial charge in [0.05, 0.1) is 25.5 Å². The molecular weight excluding hydrogens is 254 g/mol. The van der Waals surface area contributed by atoms with Crippen LogP contribution >= 0.6 is 0 Å². The molecule has 20 heavy (non-hydrogen) atoms. The number of methoxy groups -OCH3 is 1. The van der Waals surface area contributed by atoms with E-state index >= 15 is 0 Å². The van der Waals surface area contributed by atoms with Crippen LogP contribution in [0.5, 0.6) is 5.75 Å². The second-order valence-electron chi connectivity index (χ2n) is 4.92. The summed E-state index contributed by atoms with van der Waals surface area (Å²) in [7, 11) is 3.59. The Morgan fingerprint density at radius 3 is 2.75 bits per heavy atom. The molecule has 0 aliphatic rings. The van der Waals surface area contributed by atoms with E-state index in [0.29, 0.717) is 6.54 Å². The number of furan rings is 1. The summed E-state index contributed by atoms with van der Waals surface area (Å²) in [4.78, 5) is 2.06. The number of hydrogen-bond acceptors (Lipinski definition) is 4. The van der Waals surface area contributed by atoms with Gasteiger partial charge in [0.15, 0.2) is 0 Å². The first-order valence-electron chi connectivity index (χ1n) is 6.67. The minimum atomic E-state index is -0.562. The maximum Gasteiger partial charge on any atom is 0.120 e. The molecule has 2 rings (SSSR count). The van der Waals surface area contributed by atoms with E-state index in [1.54, 1.807) is 13.4 Å². The molecule has 0 amide bonds. The molecule has 1 N–H and O–H groups in total.